The molecule has 152 valence electrons. The molecule has 0 fully saturated rings. The Morgan fingerprint density at radius 3 is 2.00 bits per heavy atom. The third kappa shape index (κ3) is 5.91. The molecule has 0 aliphatic carbocycles. The third-order valence-electron chi connectivity index (χ3n) is 4.08. The molecule has 0 radical (unpaired) electrons. The Bertz CT molecular complexity index is 1240. The van der Waals surface area contributed by atoms with Gasteiger partial charge in [-0.15, -0.1) is 0 Å². The van der Waals surface area contributed by atoms with Gasteiger partial charge in [0.15, 0.2) is 5.96 Å². The summed E-state index contributed by atoms with van der Waals surface area (Å²) in [5.41, 5.74) is 7.54. The Morgan fingerprint density at radius 1 is 0.767 bits per heavy atom. The number of hydrogen-bond donors (Lipinski definition) is 3. The number of benzene rings is 4. The number of nitrogens with one attached hydrogen (secondary N) is 1. The average Bonchev–Trinajstić information content (AvgIpc) is 2.74. The Morgan fingerprint density at radius 2 is 1.33 bits per heavy atom. The highest BCUT2D eigenvalue weighted by molar-refractivity contribution is 7.86. The molecule has 0 bridgehead atoms. The maximum atomic E-state index is 11.0. The molecule has 0 saturated heterocycles. The van der Waals surface area contributed by atoms with Crippen LogP contribution in [0.15, 0.2) is 113 Å². The second kappa shape index (κ2) is 9.69. The molecule has 4 aromatic rings. The van der Waals surface area contributed by atoms with Crippen LogP contribution < -0.4 is 11.1 Å². The predicted molar refractivity (Wildman–Crippen MR) is 122 cm³/mol. The molecule has 4 rings (SSSR count). The first-order valence-corrected chi connectivity index (χ1v) is 10.5. The van der Waals surface area contributed by atoms with Crippen LogP contribution >= 0.6 is 0 Å². The van der Waals surface area contributed by atoms with Crippen molar-refractivity contribution >= 4 is 38.2 Å². The molecular weight excluding hydrogens is 398 g/mol. The monoisotopic (exact) mass is 419 g/mol. The Balaban J connectivity index is 0.000000172. The van der Waals surface area contributed by atoms with E-state index in [1.807, 2.05) is 66.7 Å². The lowest BCUT2D eigenvalue weighted by atomic mass is 10.1. The van der Waals surface area contributed by atoms with E-state index in [9.17, 15) is 8.42 Å². The van der Waals surface area contributed by atoms with Gasteiger partial charge in [0.05, 0.1) is 5.69 Å². The quantitative estimate of drug-likeness (QED) is 0.251. The van der Waals surface area contributed by atoms with Crippen molar-refractivity contribution < 1.29 is 13.0 Å². The fraction of sp³-hybridized carbons (Fsp3) is 0. The minimum atomic E-state index is -4.13. The zero-order valence-corrected chi connectivity index (χ0v) is 16.8. The summed E-state index contributed by atoms with van der Waals surface area (Å²) < 4.78 is 31.0. The zero-order chi connectivity index (χ0) is 21.4. The first kappa shape index (κ1) is 21.0. The molecule has 0 aromatic heterocycles. The van der Waals surface area contributed by atoms with Gasteiger partial charge in [0, 0.05) is 11.1 Å². The SMILES string of the molecule is NC(=Nc1ccccc1)Nc1ccccc1.O=S(=O)(O)c1cccc2ccccc12. The molecule has 30 heavy (non-hydrogen) atoms. The Kier molecular flexibility index (Phi) is 6.79. The Hall–Kier alpha value is -3.68. The fourth-order valence-electron chi connectivity index (χ4n) is 2.76. The van der Waals surface area contributed by atoms with E-state index >= 15 is 0 Å². The summed E-state index contributed by atoms with van der Waals surface area (Å²) in [4.78, 5) is 4.19. The molecule has 0 atom stereocenters. The predicted octanol–water partition coefficient (Wildman–Crippen LogP) is 4.83. The van der Waals surface area contributed by atoms with Crippen LogP contribution in [0.1, 0.15) is 0 Å². The number of rotatable bonds is 3. The van der Waals surface area contributed by atoms with Crippen LogP contribution in [0.5, 0.6) is 0 Å². The third-order valence-corrected chi connectivity index (χ3v) is 4.99. The van der Waals surface area contributed by atoms with Crippen molar-refractivity contribution in [3.05, 3.63) is 103 Å². The smallest absolute Gasteiger partial charge is 0.295 e. The summed E-state index contributed by atoms with van der Waals surface area (Å²) in [7, 11) is -4.13. The number of fused-ring (bicyclic) bond motifs is 1. The molecule has 0 unspecified atom stereocenters. The first-order valence-electron chi connectivity index (χ1n) is 9.10. The maximum absolute atomic E-state index is 11.0. The molecule has 0 heterocycles. The number of aliphatic imine (C=N–C) groups is 1. The molecule has 6 nitrogen and oxygen atoms in total. The van der Waals surface area contributed by atoms with Crippen molar-refractivity contribution in [1.29, 1.82) is 0 Å². The summed E-state index contributed by atoms with van der Waals surface area (Å²) in [5.74, 6) is 0.386. The van der Waals surface area contributed by atoms with E-state index in [1.165, 1.54) is 6.07 Å². The van der Waals surface area contributed by atoms with E-state index in [0.717, 1.165) is 16.8 Å². The molecule has 0 amide bonds. The van der Waals surface area contributed by atoms with Crippen LogP contribution in [-0.2, 0) is 10.1 Å². The molecule has 0 saturated carbocycles. The number of hydrogen-bond acceptors (Lipinski definition) is 3. The van der Waals surface area contributed by atoms with Crippen molar-refractivity contribution in [2.24, 2.45) is 10.7 Å². The second-order valence-electron chi connectivity index (χ2n) is 6.28. The standard InChI is InChI=1S/C13H13N3.C10H8O3S/c14-13(15-11-7-3-1-4-8-11)16-12-9-5-2-6-10-12;11-14(12,13)10-7-3-5-8-4-1-2-6-9(8)10/h1-10H,(H3,14,15,16);1-7H,(H,11,12,13). The summed E-state index contributed by atoms with van der Waals surface area (Å²) in [6, 6.07) is 31.1. The van der Waals surface area contributed by atoms with Gasteiger partial charge in [-0.1, -0.05) is 72.8 Å². The molecule has 0 spiro atoms. The fourth-order valence-corrected chi connectivity index (χ4v) is 3.47. The van der Waals surface area contributed by atoms with E-state index in [4.69, 9.17) is 10.3 Å². The maximum Gasteiger partial charge on any atom is 0.295 e. The van der Waals surface area contributed by atoms with Crippen molar-refractivity contribution in [1.82, 2.24) is 0 Å². The van der Waals surface area contributed by atoms with Crippen molar-refractivity contribution in [3.8, 4) is 0 Å². The van der Waals surface area contributed by atoms with Crippen LogP contribution in [0.2, 0.25) is 0 Å². The highest BCUT2D eigenvalue weighted by Gasteiger charge is 2.12. The zero-order valence-electron chi connectivity index (χ0n) is 16.0. The van der Waals surface area contributed by atoms with Crippen molar-refractivity contribution in [2.75, 3.05) is 5.32 Å². The number of guanidine groups is 1. The minimum absolute atomic E-state index is 0.0457. The lowest BCUT2D eigenvalue weighted by molar-refractivity contribution is 0.484. The Labute approximate surface area is 175 Å². The topological polar surface area (TPSA) is 105 Å². The molecule has 7 heteroatoms. The van der Waals surface area contributed by atoms with Crippen molar-refractivity contribution in [2.45, 2.75) is 4.90 Å². The highest BCUT2D eigenvalue weighted by Crippen LogP contribution is 2.22. The van der Waals surface area contributed by atoms with Gasteiger partial charge < -0.3 is 11.1 Å². The van der Waals surface area contributed by atoms with Gasteiger partial charge in [-0.05, 0) is 35.7 Å². The van der Waals surface area contributed by atoms with Gasteiger partial charge in [-0.3, -0.25) is 4.55 Å². The largest absolute Gasteiger partial charge is 0.369 e. The molecule has 0 aliphatic heterocycles. The molecule has 4 N–H and O–H groups in total. The summed E-state index contributed by atoms with van der Waals surface area (Å²) >= 11 is 0. The van der Waals surface area contributed by atoms with Crippen molar-refractivity contribution in [3.63, 3.8) is 0 Å². The van der Waals surface area contributed by atoms with Crippen LogP contribution in [0, 0.1) is 0 Å². The number of para-hydroxylation sites is 2. The highest BCUT2D eigenvalue weighted by atomic mass is 32.2. The first-order chi connectivity index (χ1) is 14.4. The van der Waals surface area contributed by atoms with Crippen LogP contribution in [0.25, 0.3) is 10.8 Å². The lowest BCUT2D eigenvalue weighted by Gasteiger charge is -2.04. The number of nitrogens with two attached hydrogens (primary N) is 1. The number of nitrogens with zero attached hydrogens (tertiary/aromatic N) is 1. The number of anilines is 1. The van der Waals surface area contributed by atoms with E-state index in [2.05, 4.69) is 10.3 Å². The van der Waals surface area contributed by atoms with Gasteiger partial charge in [0.25, 0.3) is 10.1 Å². The average molecular weight is 420 g/mol. The van der Waals surface area contributed by atoms with Crippen LogP contribution in [0.4, 0.5) is 11.4 Å². The van der Waals surface area contributed by atoms with E-state index in [-0.39, 0.29) is 4.90 Å². The lowest BCUT2D eigenvalue weighted by Crippen LogP contribution is -2.21. The summed E-state index contributed by atoms with van der Waals surface area (Å²) in [5, 5.41) is 4.35. The molecule has 4 aromatic carbocycles. The van der Waals surface area contributed by atoms with Crippen LogP contribution in [0.3, 0.4) is 0 Å². The van der Waals surface area contributed by atoms with E-state index < -0.39 is 10.1 Å². The summed E-state index contributed by atoms with van der Waals surface area (Å²) in [6.07, 6.45) is 0. The van der Waals surface area contributed by atoms with E-state index in [0.29, 0.717) is 11.3 Å². The molecule has 0 aliphatic rings. The summed E-state index contributed by atoms with van der Waals surface area (Å²) in [6.45, 7) is 0. The van der Waals surface area contributed by atoms with Gasteiger partial charge in [0.1, 0.15) is 4.90 Å². The van der Waals surface area contributed by atoms with Gasteiger partial charge >= 0.3 is 0 Å². The minimum Gasteiger partial charge on any atom is -0.369 e. The normalized spacial score (nSPS) is 11.4. The van der Waals surface area contributed by atoms with E-state index in [1.54, 1.807) is 30.3 Å². The molecular formula is C23H21N3O3S. The second-order valence-corrected chi connectivity index (χ2v) is 7.67. The van der Waals surface area contributed by atoms with Gasteiger partial charge in [0.2, 0.25) is 0 Å². The van der Waals surface area contributed by atoms with Gasteiger partial charge in [-0.2, -0.15) is 8.42 Å². The van der Waals surface area contributed by atoms with Gasteiger partial charge in [-0.25, -0.2) is 4.99 Å². The van der Waals surface area contributed by atoms with Crippen LogP contribution in [-0.4, -0.2) is 18.9 Å².